The van der Waals surface area contributed by atoms with Crippen molar-refractivity contribution in [2.75, 3.05) is 17.7 Å². The van der Waals surface area contributed by atoms with Gasteiger partial charge in [0.15, 0.2) is 11.5 Å². The van der Waals surface area contributed by atoms with Gasteiger partial charge in [-0.1, -0.05) is 45.4 Å². The molecule has 0 spiro atoms. The summed E-state index contributed by atoms with van der Waals surface area (Å²) >= 11 is 3.40. The first-order valence-corrected chi connectivity index (χ1v) is 7.67. The third-order valence-electron chi connectivity index (χ3n) is 3.41. The van der Waals surface area contributed by atoms with Crippen LogP contribution >= 0.6 is 15.9 Å². The van der Waals surface area contributed by atoms with Crippen molar-refractivity contribution >= 4 is 33.3 Å². The van der Waals surface area contributed by atoms with Gasteiger partial charge in [-0.05, 0) is 30.3 Å². The maximum atomic E-state index is 12.6. The molecule has 0 unspecified atom stereocenters. The molecule has 6 nitrogen and oxygen atoms in total. The van der Waals surface area contributed by atoms with Crippen LogP contribution in [-0.4, -0.2) is 27.9 Å². The average Bonchev–Trinajstić information content (AvgIpc) is 2.96. The Labute approximate surface area is 141 Å². The number of aromatic nitrogens is 3. The molecule has 3 rings (SSSR count). The van der Waals surface area contributed by atoms with Gasteiger partial charge in [-0.2, -0.15) is 4.68 Å². The van der Waals surface area contributed by atoms with E-state index >= 15 is 0 Å². The molecule has 116 valence electrons. The van der Waals surface area contributed by atoms with Crippen molar-refractivity contribution in [1.29, 1.82) is 0 Å². The lowest BCUT2D eigenvalue weighted by Gasteiger charge is -2.15. The third kappa shape index (κ3) is 2.95. The van der Waals surface area contributed by atoms with E-state index in [1.54, 1.807) is 7.05 Å². The first kappa shape index (κ1) is 15.2. The fourth-order valence-electron chi connectivity index (χ4n) is 2.17. The molecule has 1 aromatic heterocycles. The second-order valence-corrected chi connectivity index (χ2v) is 5.83. The number of carbonyl (C=O) groups excluding carboxylic acids is 1. The molecule has 2 aromatic carbocycles. The van der Waals surface area contributed by atoms with E-state index in [4.69, 9.17) is 5.73 Å². The van der Waals surface area contributed by atoms with Crippen LogP contribution in [0.2, 0.25) is 0 Å². The molecule has 0 aliphatic heterocycles. The number of nitrogens with zero attached hydrogens (tertiary/aromatic N) is 4. The average molecular weight is 372 g/mol. The molecule has 2 N–H and O–H groups in total. The van der Waals surface area contributed by atoms with Crippen LogP contribution in [0.25, 0.3) is 5.69 Å². The van der Waals surface area contributed by atoms with Crippen LogP contribution in [0, 0.1) is 0 Å². The molecule has 0 aliphatic rings. The normalized spacial score (nSPS) is 10.5. The van der Waals surface area contributed by atoms with Crippen LogP contribution in [0.3, 0.4) is 0 Å². The van der Waals surface area contributed by atoms with Crippen LogP contribution in [-0.2, 0) is 0 Å². The van der Waals surface area contributed by atoms with Crippen LogP contribution in [0.1, 0.15) is 10.5 Å². The zero-order chi connectivity index (χ0) is 16.4. The quantitative estimate of drug-likeness (QED) is 0.767. The molecule has 0 atom stereocenters. The molecule has 0 bridgehead atoms. The first-order valence-electron chi connectivity index (χ1n) is 6.88. The van der Waals surface area contributed by atoms with Crippen molar-refractivity contribution < 1.29 is 4.79 Å². The van der Waals surface area contributed by atoms with Crippen LogP contribution < -0.4 is 10.6 Å². The maximum Gasteiger partial charge on any atom is 0.282 e. The van der Waals surface area contributed by atoms with Gasteiger partial charge in [0.05, 0.1) is 5.69 Å². The minimum Gasteiger partial charge on any atom is -0.382 e. The molecule has 0 fully saturated rings. The molecular weight excluding hydrogens is 358 g/mol. The van der Waals surface area contributed by atoms with Gasteiger partial charge < -0.3 is 10.6 Å². The zero-order valence-electron chi connectivity index (χ0n) is 12.3. The number of anilines is 2. The van der Waals surface area contributed by atoms with E-state index in [9.17, 15) is 4.79 Å². The monoisotopic (exact) mass is 371 g/mol. The number of carbonyl (C=O) groups is 1. The summed E-state index contributed by atoms with van der Waals surface area (Å²) in [6, 6.07) is 16.7. The van der Waals surface area contributed by atoms with Crippen molar-refractivity contribution in [2.45, 2.75) is 0 Å². The number of hydrogen-bond donors (Lipinski definition) is 1. The van der Waals surface area contributed by atoms with Crippen molar-refractivity contribution in [1.82, 2.24) is 15.0 Å². The molecule has 23 heavy (non-hydrogen) atoms. The minimum absolute atomic E-state index is 0.122. The van der Waals surface area contributed by atoms with Gasteiger partial charge in [-0.15, -0.1) is 5.10 Å². The van der Waals surface area contributed by atoms with E-state index in [2.05, 4.69) is 26.2 Å². The van der Waals surface area contributed by atoms with Gasteiger partial charge in [0, 0.05) is 17.2 Å². The molecule has 0 aliphatic carbocycles. The highest BCUT2D eigenvalue weighted by molar-refractivity contribution is 9.10. The maximum absolute atomic E-state index is 12.6. The number of nitrogens with two attached hydrogens (primary N) is 1. The first-order chi connectivity index (χ1) is 11.1. The Hall–Kier alpha value is -2.67. The topological polar surface area (TPSA) is 77.0 Å². The van der Waals surface area contributed by atoms with Crippen LogP contribution in [0.15, 0.2) is 59.1 Å². The van der Waals surface area contributed by atoms with E-state index in [0.717, 1.165) is 15.8 Å². The molecule has 3 aromatic rings. The second-order valence-electron chi connectivity index (χ2n) is 4.91. The van der Waals surface area contributed by atoms with E-state index in [1.165, 1.54) is 9.58 Å². The third-order valence-corrected chi connectivity index (χ3v) is 3.90. The smallest absolute Gasteiger partial charge is 0.282 e. The lowest BCUT2D eigenvalue weighted by Crippen LogP contribution is -2.27. The highest BCUT2D eigenvalue weighted by atomic mass is 79.9. The highest BCUT2D eigenvalue weighted by Gasteiger charge is 2.22. The van der Waals surface area contributed by atoms with Gasteiger partial charge in [0.2, 0.25) is 0 Å². The molecule has 0 saturated heterocycles. The number of halogens is 1. The Morgan fingerprint density at radius 1 is 1.17 bits per heavy atom. The van der Waals surface area contributed by atoms with Crippen molar-refractivity contribution in [3.63, 3.8) is 0 Å². The number of para-hydroxylation sites is 1. The lowest BCUT2D eigenvalue weighted by molar-refractivity contribution is 0.0989. The number of amides is 1. The Kier molecular flexibility index (Phi) is 4.12. The summed E-state index contributed by atoms with van der Waals surface area (Å²) in [5.74, 6) is -0.106. The summed E-state index contributed by atoms with van der Waals surface area (Å²) in [6.45, 7) is 0. The van der Waals surface area contributed by atoms with Crippen LogP contribution in [0.5, 0.6) is 0 Å². The molecule has 1 heterocycles. The van der Waals surface area contributed by atoms with E-state index in [1.807, 2.05) is 54.6 Å². The van der Waals surface area contributed by atoms with Gasteiger partial charge in [-0.25, -0.2) is 0 Å². The predicted octanol–water partition coefficient (Wildman–Crippen LogP) is 2.89. The zero-order valence-corrected chi connectivity index (χ0v) is 13.9. The number of rotatable bonds is 3. The summed E-state index contributed by atoms with van der Waals surface area (Å²) in [5.41, 5.74) is 7.68. The van der Waals surface area contributed by atoms with Crippen LogP contribution in [0.4, 0.5) is 11.5 Å². The van der Waals surface area contributed by atoms with Crippen molar-refractivity contribution in [3.05, 3.63) is 64.8 Å². The Balaban J connectivity index is 1.94. The lowest BCUT2D eigenvalue weighted by atomic mass is 10.2. The number of nitrogen functional groups attached to an aromatic ring is 1. The Morgan fingerprint density at radius 2 is 1.91 bits per heavy atom. The van der Waals surface area contributed by atoms with Gasteiger partial charge >= 0.3 is 0 Å². The largest absolute Gasteiger partial charge is 0.382 e. The van der Waals surface area contributed by atoms with E-state index < -0.39 is 0 Å². The molecule has 1 amide bonds. The Bertz CT molecular complexity index is 847. The van der Waals surface area contributed by atoms with Crippen molar-refractivity contribution in [2.24, 2.45) is 0 Å². The molecular formula is C16H14BrN5O. The minimum atomic E-state index is -0.310. The fraction of sp³-hybridized carbons (Fsp3) is 0.0625. The highest BCUT2D eigenvalue weighted by Crippen LogP contribution is 2.21. The van der Waals surface area contributed by atoms with Crippen molar-refractivity contribution in [3.8, 4) is 5.69 Å². The van der Waals surface area contributed by atoms with E-state index in [-0.39, 0.29) is 17.4 Å². The Morgan fingerprint density at radius 3 is 2.61 bits per heavy atom. The number of hydrogen-bond acceptors (Lipinski definition) is 4. The summed E-state index contributed by atoms with van der Waals surface area (Å²) < 4.78 is 2.33. The standard InChI is InChI=1S/C16H14BrN5O/c1-21(12-7-3-2-4-8-12)16(23)14-15(18)22(20-19-14)13-9-5-6-11(17)10-13/h2-10H,18H2,1H3. The van der Waals surface area contributed by atoms with Gasteiger partial charge in [0.25, 0.3) is 5.91 Å². The molecule has 7 heteroatoms. The number of benzene rings is 2. The van der Waals surface area contributed by atoms with Gasteiger partial charge in [0.1, 0.15) is 0 Å². The molecule has 0 saturated carbocycles. The summed E-state index contributed by atoms with van der Waals surface area (Å²) in [6.07, 6.45) is 0. The van der Waals surface area contributed by atoms with Gasteiger partial charge in [-0.3, -0.25) is 4.79 Å². The summed E-state index contributed by atoms with van der Waals surface area (Å²) in [5, 5.41) is 7.95. The van der Waals surface area contributed by atoms with E-state index in [0.29, 0.717) is 0 Å². The second kappa shape index (κ2) is 6.21. The predicted molar refractivity (Wildman–Crippen MR) is 92.6 cm³/mol. The summed E-state index contributed by atoms with van der Waals surface area (Å²) in [4.78, 5) is 14.1. The fourth-order valence-corrected chi connectivity index (χ4v) is 2.55. The SMILES string of the molecule is CN(C(=O)c1nnn(-c2cccc(Br)c2)c1N)c1ccccc1. The molecule has 0 radical (unpaired) electrons. The summed E-state index contributed by atoms with van der Waals surface area (Å²) in [7, 11) is 1.68.